The molecule has 1 radical (unpaired) electrons. The second kappa shape index (κ2) is 3.77. The summed E-state index contributed by atoms with van der Waals surface area (Å²) < 4.78 is 0. The zero-order chi connectivity index (χ0) is 8.15. The van der Waals surface area contributed by atoms with E-state index in [0.29, 0.717) is 11.1 Å². The first-order chi connectivity index (χ1) is 4.59. The van der Waals surface area contributed by atoms with Gasteiger partial charge in [-0.25, -0.2) is 0 Å². The Morgan fingerprint density at radius 3 is 2.30 bits per heavy atom. The van der Waals surface area contributed by atoms with Crippen molar-refractivity contribution in [1.82, 2.24) is 0 Å². The molecule has 53 valence electrons. The lowest BCUT2D eigenvalue weighted by atomic mass is 10.1. The topological polar surface area (TPSA) is 34.1 Å². The molecule has 0 aromatic carbocycles. The first-order valence-electron chi connectivity index (χ1n) is 2.84. The molecular formula is C8H9O2. The van der Waals surface area contributed by atoms with Crippen molar-refractivity contribution in [3.05, 3.63) is 23.8 Å². The van der Waals surface area contributed by atoms with E-state index in [1.54, 1.807) is 13.8 Å². The van der Waals surface area contributed by atoms with Crippen molar-refractivity contribution in [3.8, 4) is 0 Å². The standard InChI is InChI=1S/C8H9O2/c1-6(2)8(10)7(3)4-5-9/h4H,1H2,2-3H3. The predicted molar refractivity (Wildman–Crippen MR) is 39.3 cm³/mol. The third-order valence-electron chi connectivity index (χ3n) is 1.02. The van der Waals surface area contributed by atoms with Gasteiger partial charge in [0.15, 0.2) is 5.78 Å². The van der Waals surface area contributed by atoms with E-state index >= 15 is 0 Å². The van der Waals surface area contributed by atoms with Gasteiger partial charge in [0.1, 0.15) is 0 Å². The van der Waals surface area contributed by atoms with Crippen LogP contribution in [0.25, 0.3) is 0 Å². The van der Waals surface area contributed by atoms with Crippen molar-refractivity contribution in [2.24, 2.45) is 0 Å². The molecule has 0 aromatic heterocycles. The van der Waals surface area contributed by atoms with E-state index < -0.39 is 0 Å². The molecular weight excluding hydrogens is 128 g/mol. The van der Waals surface area contributed by atoms with Crippen LogP contribution in [-0.2, 0) is 9.59 Å². The fraction of sp³-hybridized carbons (Fsp3) is 0.250. The molecule has 0 aliphatic rings. The molecule has 0 N–H and O–H groups in total. The van der Waals surface area contributed by atoms with Gasteiger partial charge in [-0.05, 0) is 25.5 Å². The van der Waals surface area contributed by atoms with E-state index in [0.717, 1.165) is 6.08 Å². The second-order valence-electron chi connectivity index (χ2n) is 2.05. The summed E-state index contributed by atoms with van der Waals surface area (Å²) in [7, 11) is 0. The second-order valence-corrected chi connectivity index (χ2v) is 2.05. The van der Waals surface area contributed by atoms with Crippen LogP contribution in [0.15, 0.2) is 23.8 Å². The van der Waals surface area contributed by atoms with Crippen LogP contribution in [-0.4, -0.2) is 12.1 Å². The van der Waals surface area contributed by atoms with E-state index in [-0.39, 0.29) is 5.78 Å². The number of hydrogen-bond acceptors (Lipinski definition) is 2. The summed E-state index contributed by atoms with van der Waals surface area (Å²) in [6.45, 7) is 6.60. The minimum absolute atomic E-state index is 0.191. The molecule has 0 rings (SSSR count). The van der Waals surface area contributed by atoms with Gasteiger partial charge in [0, 0.05) is 5.57 Å². The van der Waals surface area contributed by atoms with E-state index in [2.05, 4.69) is 6.58 Å². The van der Waals surface area contributed by atoms with Gasteiger partial charge in [0.2, 0.25) is 6.29 Å². The van der Waals surface area contributed by atoms with E-state index in [9.17, 15) is 9.59 Å². The van der Waals surface area contributed by atoms with Gasteiger partial charge in [-0.2, -0.15) is 0 Å². The first kappa shape index (κ1) is 8.82. The highest BCUT2D eigenvalue weighted by Gasteiger charge is 2.02. The van der Waals surface area contributed by atoms with E-state index in [1.165, 1.54) is 6.29 Å². The molecule has 0 atom stereocenters. The molecule has 0 bridgehead atoms. The Labute approximate surface area is 60.2 Å². The van der Waals surface area contributed by atoms with Gasteiger partial charge < -0.3 is 0 Å². The molecule has 10 heavy (non-hydrogen) atoms. The fourth-order valence-electron chi connectivity index (χ4n) is 0.491. The maximum absolute atomic E-state index is 10.9. The molecule has 0 amide bonds. The lowest BCUT2D eigenvalue weighted by molar-refractivity contribution is -0.112. The smallest absolute Gasteiger partial charge is 0.226 e. The number of hydrogen-bond donors (Lipinski definition) is 0. The molecule has 0 saturated heterocycles. The monoisotopic (exact) mass is 137 g/mol. The zero-order valence-corrected chi connectivity index (χ0v) is 6.10. The highest BCUT2D eigenvalue weighted by atomic mass is 16.1. The Morgan fingerprint density at radius 2 is 2.00 bits per heavy atom. The summed E-state index contributed by atoms with van der Waals surface area (Å²) in [5.74, 6) is -0.191. The van der Waals surface area contributed by atoms with Crippen molar-refractivity contribution in [1.29, 1.82) is 0 Å². The number of ketones is 1. The van der Waals surface area contributed by atoms with Crippen LogP contribution in [0.5, 0.6) is 0 Å². The highest BCUT2D eigenvalue weighted by Crippen LogP contribution is 2.00. The summed E-state index contributed by atoms with van der Waals surface area (Å²) in [6.07, 6.45) is 2.64. The molecule has 0 saturated carbocycles. The molecule has 0 aliphatic heterocycles. The Bertz CT molecular complexity index is 199. The van der Waals surface area contributed by atoms with Crippen molar-refractivity contribution in [2.75, 3.05) is 0 Å². The average Bonchev–Trinajstić information content (AvgIpc) is 1.87. The first-order valence-corrected chi connectivity index (χ1v) is 2.84. The average molecular weight is 137 g/mol. The molecule has 0 heterocycles. The van der Waals surface area contributed by atoms with Crippen molar-refractivity contribution in [3.63, 3.8) is 0 Å². The van der Waals surface area contributed by atoms with E-state index in [1.807, 2.05) is 0 Å². The number of carbonyl (C=O) groups excluding carboxylic acids is 2. The van der Waals surface area contributed by atoms with Crippen LogP contribution in [0.4, 0.5) is 0 Å². The van der Waals surface area contributed by atoms with Crippen molar-refractivity contribution < 1.29 is 9.59 Å². The number of rotatable bonds is 3. The zero-order valence-electron chi connectivity index (χ0n) is 6.10. The summed E-state index contributed by atoms with van der Waals surface area (Å²) >= 11 is 0. The quantitative estimate of drug-likeness (QED) is 0.547. The van der Waals surface area contributed by atoms with Crippen molar-refractivity contribution >= 4 is 12.1 Å². The molecule has 0 aromatic rings. The van der Waals surface area contributed by atoms with E-state index in [4.69, 9.17) is 0 Å². The van der Waals surface area contributed by atoms with Crippen molar-refractivity contribution in [2.45, 2.75) is 13.8 Å². The summed E-state index contributed by atoms with van der Waals surface area (Å²) in [5, 5.41) is 0. The number of allylic oxidation sites excluding steroid dienone is 3. The SMILES string of the molecule is C=C(C)C(=O)C(C)=C[C]=O. The van der Waals surface area contributed by atoms with Crippen LogP contribution in [0.1, 0.15) is 13.8 Å². The van der Waals surface area contributed by atoms with Crippen LogP contribution >= 0.6 is 0 Å². The minimum atomic E-state index is -0.191. The van der Waals surface area contributed by atoms with Gasteiger partial charge in [0.05, 0.1) is 0 Å². The van der Waals surface area contributed by atoms with Crippen LogP contribution in [0, 0.1) is 0 Å². The molecule has 2 heteroatoms. The number of Topliss-reactive ketones (excluding diaryl/α,β-unsaturated/α-hetero) is 1. The predicted octanol–water partition coefficient (Wildman–Crippen LogP) is 1.19. The maximum atomic E-state index is 10.9. The summed E-state index contributed by atoms with van der Waals surface area (Å²) in [5.41, 5.74) is 0.812. The van der Waals surface area contributed by atoms with Gasteiger partial charge in [-0.15, -0.1) is 0 Å². The third-order valence-corrected chi connectivity index (χ3v) is 1.02. The normalized spacial score (nSPS) is 10.8. The Balaban J connectivity index is 4.36. The minimum Gasteiger partial charge on any atom is -0.289 e. The Morgan fingerprint density at radius 1 is 1.50 bits per heavy atom. The van der Waals surface area contributed by atoms with Crippen LogP contribution < -0.4 is 0 Å². The lowest BCUT2D eigenvalue weighted by Gasteiger charge is -1.94. The third kappa shape index (κ3) is 2.40. The molecule has 0 fully saturated rings. The van der Waals surface area contributed by atoms with Gasteiger partial charge in [-0.3, -0.25) is 9.59 Å². The fourth-order valence-corrected chi connectivity index (χ4v) is 0.491. The maximum Gasteiger partial charge on any atom is 0.226 e. The summed E-state index contributed by atoms with van der Waals surface area (Å²) in [6, 6.07) is 0. The largest absolute Gasteiger partial charge is 0.289 e. The molecule has 0 aliphatic carbocycles. The number of carbonyl (C=O) groups is 1. The lowest BCUT2D eigenvalue weighted by Crippen LogP contribution is -1.99. The van der Waals surface area contributed by atoms with Gasteiger partial charge >= 0.3 is 0 Å². The van der Waals surface area contributed by atoms with Gasteiger partial charge in [-0.1, -0.05) is 6.58 Å². The highest BCUT2D eigenvalue weighted by molar-refractivity contribution is 6.08. The van der Waals surface area contributed by atoms with Crippen LogP contribution in [0.2, 0.25) is 0 Å². The van der Waals surface area contributed by atoms with Crippen LogP contribution in [0.3, 0.4) is 0 Å². The molecule has 0 unspecified atom stereocenters. The molecule has 0 spiro atoms. The van der Waals surface area contributed by atoms with Gasteiger partial charge in [0.25, 0.3) is 0 Å². The Hall–Kier alpha value is -1.18. The Kier molecular flexibility index (Phi) is 3.33. The molecule has 2 nitrogen and oxygen atoms in total. The summed E-state index contributed by atoms with van der Waals surface area (Å²) in [4.78, 5) is 20.6.